The fourth-order valence-electron chi connectivity index (χ4n) is 4.60. The number of nitrogens with one attached hydrogen (secondary N) is 1. The second kappa shape index (κ2) is 9.21. The van der Waals surface area contributed by atoms with Crippen molar-refractivity contribution in [1.29, 1.82) is 5.41 Å². The number of hydrogen-bond donors (Lipinski definition) is 1. The third-order valence-corrected chi connectivity index (χ3v) is 6.12. The number of rotatable bonds is 6. The monoisotopic (exact) mass is 439 g/mol. The summed E-state index contributed by atoms with van der Waals surface area (Å²) in [6.07, 6.45) is 7.55. The van der Waals surface area contributed by atoms with Crippen LogP contribution in [-0.2, 0) is 0 Å². The third kappa shape index (κ3) is 3.70. The molecular formula is C32H25NO. The zero-order valence-electron chi connectivity index (χ0n) is 19.1. The van der Waals surface area contributed by atoms with Gasteiger partial charge in [-0.3, -0.25) is 0 Å². The highest BCUT2D eigenvalue weighted by Gasteiger charge is 2.15. The molecule has 0 radical (unpaired) electrons. The molecule has 0 aliphatic rings. The zero-order chi connectivity index (χ0) is 23.5. The van der Waals surface area contributed by atoms with Crippen LogP contribution in [0.5, 0.6) is 0 Å². The van der Waals surface area contributed by atoms with Crippen LogP contribution in [0.3, 0.4) is 0 Å². The van der Waals surface area contributed by atoms with Crippen LogP contribution in [-0.4, -0.2) is 6.21 Å². The number of hydrogen-bond acceptors (Lipinski definition) is 2. The Bertz CT molecular complexity index is 1580. The zero-order valence-corrected chi connectivity index (χ0v) is 19.1. The van der Waals surface area contributed by atoms with Crippen molar-refractivity contribution >= 4 is 39.3 Å². The lowest BCUT2D eigenvalue weighted by atomic mass is 9.88. The Morgan fingerprint density at radius 3 is 2.38 bits per heavy atom. The average Bonchev–Trinajstić information content (AvgIpc) is 3.27. The van der Waals surface area contributed by atoms with Crippen molar-refractivity contribution in [2.75, 3.05) is 0 Å². The number of benzene rings is 4. The molecule has 0 amide bonds. The summed E-state index contributed by atoms with van der Waals surface area (Å²) in [4.78, 5) is 0. The average molecular weight is 440 g/mol. The predicted molar refractivity (Wildman–Crippen MR) is 145 cm³/mol. The van der Waals surface area contributed by atoms with Gasteiger partial charge in [0.25, 0.3) is 0 Å². The van der Waals surface area contributed by atoms with Crippen molar-refractivity contribution in [3.63, 3.8) is 0 Å². The highest BCUT2D eigenvalue weighted by Crippen LogP contribution is 2.38. The van der Waals surface area contributed by atoms with Crippen LogP contribution in [0.4, 0.5) is 0 Å². The molecule has 1 aromatic heterocycles. The van der Waals surface area contributed by atoms with Gasteiger partial charge in [0.15, 0.2) is 0 Å². The lowest BCUT2D eigenvalue weighted by molar-refractivity contribution is 0.669. The van der Waals surface area contributed by atoms with Crippen LogP contribution in [0.15, 0.2) is 120 Å². The third-order valence-electron chi connectivity index (χ3n) is 6.12. The van der Waals surface area contributed by atoms with Gasteiger partial charge in [0.1, 0.15) is 11.2 Å². The van der Waals surface area contributed by atoms with Crippen LogP contribution in [0.2, 0.25) is 0 Å². The SMILES string of the molecule is C=C/C(=C(\C=C/C)c1ccccc1-c1ccc2oc3cccc(C=N)c3c2c1)c1ccccc1. The number of allylic oxidation sites excluding steroid dienone is 5. The standard InChI is InChI=1S/C32H25NO/c1-3-11-27(25(4-2)22-12-6-5-7-13-22)28-16-9-8-15-26(28)23-18-19-30-29(20-23)32-24(21-33)14-10-17-31(32)34-30/h3-21,33H,2H2,1H3/b11-3-,27-25-,33-21?. The van der Waals surface area contributed by atoms with E-state index in [1.165, 1.54) is 6.21 Å². The van der Waals surface area contributed by atoms with Crippen molar-refractivity contribution < 1.29 is 4.42 Å². The molecule has 0 atom stereocenters. The van der Waals surface area contributed by atoms with Gasteiger partial charge >= 0.3 is 0 Å². The van der Waals surface area contributed by atoms with Gasteiger partial charge in [-0.1, -0.05) is 97.6 Å². The first-order valence-electron chi connectivity index (χ1n) is 11.4. The van der Waals surface area contributed by atoms with E-state index in [1.54, 1.807) is 0 Å². The molecule has 0 saturated heterocycles. The normalized spacial score (nSPS) is 12.3. The quantitative estimate of drug-likeness (QED) is 0.160. The highest BCUT2D eigenvalue weighted by molar-refractivity contribution is 6.13. The lowest BCUT2D eigenvalue weighted by Gasteiger charge is -2.15. The van der Waals surface area contributed by atoms with Crippen LogP contribution in [0.1, 0.15) is 23.6 Å². The van der Waals surface area contributed by atoms with Crippen LogP contribution < -0.4 is 0 Å². The fraction of sp³-hybridized carbons (Fsp3) is 0.0312. The maximum atomic E-state index is 7.85. The van der Waals surface area contributed by atoms with Gasteiger partial charge in [-0.15, -0.1) is 0 Å². The Labute approximate surface area is 199 Å². The van der Waals surface area contributed by atoms with Gasteiger partial charge in [0.05, 0.1) is 0 Å². The van der Waals surface area contributed by atoms with E-state index in [0.29, 0.717) is 0 Å². The highest BCUT2D eigenvalue weighted by atomic mass is 16.3. The summed E-state index contributed by atoms with van der Waals surface area (Å²) >= 11 is 0. The summed E-state index contributed by atoms with van der Waals surface area (Å²) in [5.74, 6) is 0. The van der Waals surface area contributed by atoms with E-state index in [9.17, 15) is 0 Å². The fourth-order valence-corrected chi connectivity index (χ4v) is 4.60. The summed E-state index contributed by atoms with van der Waals surface area (Å²) in [5.41, 5.74) is 9.20. The predicted octanol–water partition coefficient (Wildman–Crippen LogP) is 8.92. The largest absolute Gasteiger partial charge is 0.456 e. The molecule has 1 N–H and O–H groups in total. The van der Waals surface area contributed by atoms with E-state index in [4.69, 9.17) is 9.83 Å². The van der Waals surface area contributed by atoms with Gasteiger partial charge in [0, 0.05) is 22.6 Å². The Hall–Kier alpha value is -4.43. The molecule has 0 fully saturated rings. The maximum absolute atomic E-state index is 7.85. The lowest BCUT2D eigenvalue weighted by Crippen LogP contribution is -1.92. The molecule has 5 aromatic rings. The molecule has 164 valence electrons. The minimum Gasteiger partial charge on any atom is -0.456 e. The smallest absolute Gasteiger partial charge is 0.136 e. The van der Waals surface area contributed by atoms with E-state index >= 15 is 0 Å². The second-order valence-electron chi connectivity index (χ2n) is 8.12. The molecule has 34 heavy (non-hydrogen) atoms. The first-order chi connectivity index (χ1) is 16.7. The van der Waals surface area contributed by atoms with Crippen molar-refractivity contribution in [2.45, 2.75) is 6.92 Å². The summed E-state index contributed by atoms with van der Waals surface area (Å²) < 4.78 is 6.08. The maximum Gasteiger partial charge on any atom is 0.136 e. The number of furan rings is 1. The molecule has 0 aliphatic heterocycles. The molecular weight excluding hydrogens is 414 g/mol. The minimum absolute atomic E-state index is 0.800. The number of fused-ring (bicyclic) bond motifs is 3. The molecule has 0 spiro atoms. The Balaban J connectivity index is 1.77. The first kappa shape index (κ1) is 21.4. The van der Waals surface area contributed by atoms with E-state index in [2.05, 4.69) is 79.4 Å². The molecule has 0 unspecified atom stereocenters. The topological polar surface area (TPSA) is 37.0 Å². The molecule has 0 bridgehead atoms. The molecule has 0 aliphatic carbocycles. The molecule has 2 heteroatoms. The minimum atomic E-state index is 0.800. The van der Waals surface area contributed by atoms with Crippen molar-refractivity contribution in [1.82, 2.24) is 0 Å². The van der Waals surface area contributed by atoms with Gasteiger partial charge in [-0.05, 0) is 58.5 Å². The van der Waals surface area contributed by atoms with Crippen LogP contribution in [0, 0.1) is 5.41 Å². The van der Waals surface area contributed by atoms with Gasteiger partial charge in [-0.25, -0.2) is 0 Å². The molecule has 4 aromatic carbocycles. The Kier molecular flexibility index (Phi) is 5.80. The van der Waals surface area contributed by atoms with Gasteiger partial charge in [-0.2, -0.15) is 0 Å². The van der Waals surface area contributed by atoms with E-state index < -0.39 is 0 Å². The first-order valence-corrected chi connectivity index (χ1v) is 11.4. The molecule has 0 saturated carbocycles. The van der Waals surface area contributed by atoms with Crippen LogP contribution in [0.25, 0.3) is 44.2 Å². The Morgan fingerprint density at radius 1 is 0.824 bits per heavy atom. The van der Waals surface area contributed by atoms with Crippen molar-refractivity contribution in [3.8, 4) is 11.1 Å². The van der Waals surface area contributed by atoms with Gasteiger partial charge < -0.3 is 9.83 Å². The summed E-state index contributed by atoms with van der Waals surface area (Å²) in [6, 6.07) is 31.0. The summed E-state index contributed by atoms with van der Waals surface area (Å²) in [5, 5.41) is 9.85. The van der Waals surface area contributed by atoms with Gasteiger partial charge in [0.2, 0.25) is 0 Å². The molecule has 5 rings (SSSR count). The van der Waals surface area contributed by atoms with Crippen molar-refractivity contribution in [3.05, 3.63) is 132 Å². The Morgan fingerprint density at radius 2 is 1.62 bits per heavy atom. The molecule has 1 heterocycles. The van der Waals surface area contributed by atoms with Crippen LogP contribution >= 0.6 is 0 Å². The van der Waals surface area contributed by atoms with E-state index in [0.717, 1.165) is 60.9 Å². The van der Waals surface area contributed by atoms with E-state index in [1.807, 2.05) is 43.3 Å². The second-order valence-corrected chi connectivity index (χ2v) is 8.12. The summed E-state index contributed by atoms with van der Waals surface area (Å²) in [7, 11) is 0. The molecule has 2 nitrogen and oxygen atoms in total. The van der Waals surface area contributed by atoms with Crippen molar-refractivity contribution in [2.24, 2.45) is 0 Å². The van der Waals surface area contributed by atoms with E-state index in [-0.39, 0.29) is 0 Å². The summed E-state index contributed by atoms with van der Waals surface area (Å²) in [6.45, 7) is 6.17.